The van der Waals surface area contributed by atoms with E-state index in [-0.39, 0.29) is 6.61 Å². The van der Waals surface area contributed by atoms with E-state index in [2.05, 4.69) is 4.28 Å². The number of unbranched alkanes of at least 4 members (excludes halogenated alkanes) is 1. The summed E-state index contributed by atoms with van der Waals surface area (Å²) in [4.78, 5) is 11.0. The lowest BCUT2D eigenvalue weighted by atomic mass is 10.4. The molecule has 0 aliphatic heterocycles. The predicted octanol–water partition coefficient (Wildman–Crippen LogP) is 1.26. The van der Waals surface area contributed by atoms with Crippen molar-refractivity contribution in [2.45, 2.75) is 25.3 Å². The van der Waals surface area contributed by atoms with E-state index >= 15 is 0 Å². The van der Waals surface area contributed by atoms with Gasteiger partial charge < -0.3 is 4.74 Å². The van der Waals surface area contributed by atoms with Gasteiger partial charge >= 0.3 is 21.6 Å². The van der Waals surface area contributed by atoms with Gasteiger partial charge in [0, 0.05) is 12.6 Å². The molecule has 0 unspecified atom stereocenters. The summed E-state index contributed by atoms with van der Waals surface area (Å²) >= 11 is 0. The van der Waals surface area contributed by atoms with Crippen LogP contribution in [0.5, 0.6) is 0 Å². The number of alkyl halides is 3. The highest BCUT2D eigenvalue weighted by Crippen LogP contribution is 2.23. The molecule has 0 saturated heterocycles. The largest absolute Gasteiger partial charge is 0.524 e. The average molecular weight is 305 g/mol. The molecule has 0 bridgehead atoms. The fourth-order valence-corrected chi connectivity index (χ4v) is 1.04. The Labute approximate surface area is 108 Å². The molecule has 1 N–H and O–H groups in total. The van der Waals surface area contributed by atoms with Crippen LogP contribution in [0.3, 0.4) is 0 Å². The molecular formula is C9H14F3NO5S. The first-order valence-corrected chi connectivity index (χ1v) is 6.67. The zero-order valence-corrected chi connectivity index (χ0v) is 10.9. The van der Waals surface area contributed by atoms with Crippen molar-refractivity contribution in [3.63, 3.8) is 0 Å². The van der Waals surface area contributed by atoms with Crippen LogP contribution >= 0.6 is 0 Å². The molecule has 112 valence electrons. The maximum absolute atomic E-state index is 11.8. The Morgan fingerprint density at radius 3 is 2.53 bits per heavy atom. The molecule has 0 aromatic rings. The first kappa shape index (κ1) is 17.9. The van der Waals surface area contributed by atoms with Crippen LogP contribution in [0, 0.1) is 0 Å². The van der Waals surface area contributed by atoms with Crippen LogP contribution in [-0.4, -0.2) is 33.0 Å². The van der Waals surface area contributed by atoms with E-state index < -0.39 is 28.1 Å². The molecule has 0 heterocycles. The highest BCUT2D eigenvalue weighted by atomic mass is 32.2. The molecule has 0 saturated carbocycles. The van der Waals surface area contributed by atoms with E-state index in [4.69, 9.17) is 4.74 Å². The summed E-state index contributed by atoms with van der Waals surface area (Å²) in [7, 11) is -5.68. The van der Waals surface area contributed by atoms with Gasteiger partial charge in [0.05, 0.1) is 6.61 Å². The minimum Gasteiger partial charge on any atom is -0.463 e. The van der Waals surface area contributed by atoms with E-state index in [0.29, 0.717) is 6.42 Å². The number of rotatable bonds is 8. The van der Waals surface area contributed by atoms with Crippen molar-refractivity contribution >= 4 is 16.1 Å². The molecular weight excluding hydrogens is 291 g/mol. The van der Waals surface area contributed by atoms with Gasteiger partial charge in [0.2, 0.25) is 0 Å². The number of hydrogen-bond acceptors (Lipinski definition) is 6. The SMILES string of the molecule is CCCCOC(=O)C=CCNOS(=O)(=O)C(F)(F)F. The first-order valence-electron chi connectivity index (χ1n) is 5.26. The van der Waals surface area contributed by atoms with Crippen LogP contribution < -0.4 is 5.48 Å². The van der Waals surface area contributed by atoms with E-state index in [0.717, 1.165) is 18.6 Å². The van der Waals surface area contributed by atoms with Crippen molar-refractivity contribution < 1.29 is 35.4 Å². The van der Waals surface area contributed by atoms with Crippen LogP contribution in [0.2, 0.25) is 0 Å². The van der Waals surface area contributed by atoms with Crippen molar-refractivity contribution in [1.82, 2.24) is 5.48 Å². The van der Waals surface area contributed by atoms with E-state index in [9.17, 15) is 26.4 Å². The molecule has 0 aromatic carbocycles. The molecule has 0 radical (unpaired) electrons. The topological polar surface area (TPSA) is 81.7 Å². The van der Waals surface area contributed by atoms with Crippen LogP contribution in [0.15, 0.2) is 12.2 Å². The van der Waals surface area contributed by atoms with Gasteiger partial charge in [-0.25, -0.2) is 4.79 Å². The second kappa shape index (κ2) is 8.12. The number of halogens is 3. The van der Waals surface area contributed by atoms with E-state index in [1.54, 1.807) is 5.48 Å². The summed E-state index contributed by atoms with van der Waals surface area (Å²) in [5.74, 6) is -0.672. The lowest BCUT2D eigenvalue weighted by Gasteiger charge is -2.07. The minimum atomic E-state index is -5.68. The van der Waals surface area contributed by atoms with Crippen LogP contribution in [0.1, 0.15) is 19.8 Å². The van der Waals surface area contributed by atoms with Crippen molar-refractivity contribution in [2.24, 2.45) is 0 Å². The smallest absolute Gasteiger partial charge is 0.463 e. The van der Waals surface area contributed by atoms with E-state index in [1.165, 1.54) is 0 Å². The maximum atomic E-state index is 11.8. The fraction of sp³-hybridized carbons (Fsp3) is 0.667. The lowest BCUT2D eigenvalue weighted by Crippen LogP contribution is -2.31. The highest BCUT2D eigenvalue weighted by Gasteiger charge is 2.47. The Morgan fingerprint density at radius 2 is 2.00 bits per heavy atom. The zero-order chi connectivity index (χ0) is 14.9. The molecule has 0 fully saturated rings. The van der Waals surface area contributed by atoms with Gasteiger partial charge in [-0.1, -0.05) is 19.4 Å². The monoisotopic (exact) mass is 305 g/mol. The quantitative estimate of drug-likeness (QED) is 0.239. The van der Waals surface area contributed by atoms with Gasteiger partial charge in [-0.2, -0.15) is 31.4 Å². The third kappa shape index (κ3) is 7.80. The molecule has 19 heavy (non-hydrogen) atoms. The number of hydrogen-bond donors (Lipinski definition) is 1. The number of carbonyl (C=O) groups excluding carboxylic acids is 1. The third-order valence-corrected chi connectivity index (χ3v) is 2.55. The van der Waals surface area contributed by atoms with Gasteiger partial charge in [0.15, 0.2) is 0 Å². The Balaban J connectivity index is 3.90. The number of ether oxygens (including phenoxy) is 1. The Kier molecular flexibility index (Phi) is 7.64. The molecule has 0 aliphatic carbocycles. The Hall–Kier alpha value is -1.13. The maximum Gasteiger partial charge on any atom is 0.524 e. The standard InChI is InChI=1S/C9H14F3NO5S/c1-2-3-7-17-8(14)5-4-6-13-18-19(15,16)9(10,11)12/h4-5,13H,2-3,6-7H2,1H3. The Morgan fingerprint density at radius 1 is 1.37 bits per heavy atom. The molecule has 0 rings (SSSR count). The molecule has 0 spiro atoms. The van der Waals surface area contributed by atoms with E-state index in [1.807, 2.05) is 6.92 Å². The highest BCUT2D eigenvalue weighted by molar-refractivity contribution is 7.87. The molecule has 0 aromatic heterocycles. The van der Waals surface area contributed by atoms with Gasteiger partial charge in [-0.15, -0.1) is 0 Å². The van der Waals surface area contributed by atoms with Crippen molar-refractivity contribution in [3.8, 4) is 0 Å². The molecule has 10 heteroatoms. The van der Waals surface area contributed by atoms with Crippen LogP contribution in [0.25, 0.3) is 0 Å². The first-order chi connectivity index (χ1) is 8.70. The summed E-state index contributed by atoms with van der Waals surface area (Å²) in [5.41, 5.74) is -3.94. The summed E-state index contributed by atoms with van der Waals surface area (Å²) in [6.07, 6.45) is 3.57. The summed E-state index contributed by atoms with van der Waals surface area (Å²) in [6, 6.07) is 0. The van der Waals surface area contributed by atoms with Crippen LogP contribution in [0.4, 0.5) is 13.2 Å². The second-order valence-corrected chi connectivity index (χ2v) is 4.79. The number of esters is 1. The molecule has 0 amide bonds. The van der Waals surface area contributed by atoms with Crippen molar-refractivity contribution in [2.75, 3.05) is 13.2 Å². The molecule has 0 atom stereocenters. The van der Waals surface area contributed by atoms with Crippen LogP contribution in [-0.2, 0) is 23.9 Å². The van der Waals surface area contributed by atoms with Gasteiger partial charge in [-0.05, 0) is 6.42 Å². The minimum absolute atomic E-state index is 0.242. The average Bonchev–Trinajstić information content (AvgIpc) is 2.27. The summed E-state index contributed by atoms with van der Waals surface area (Å²) in [6.45, 7) is 1.75. The second-order valence-electron chi connectivity index (χ2n) is 3.26. The molecule has 0 aliphatic rings. The zero-order valence-electron chi connectivity index (χ0n) is 10.1. The Bertz CT molecular complexity index is 405. The normalized spacial score (nSPS) is 12.8. The third-order valence-electron chi connectivity index (χ3n) is 1.65. The number of nitrogens with one attached hydrogen (secondary N) is 1. The van der Waals surface area contributed by atoms with Gasteiger partial charge in [0.25, 0.3) is 0 Å². The van der Waals surface area contributed by atoms with Gasteiger partial charge in [-0.3, -0.25) is 0 Å². The number of carbonyl (C=O) groups is 1. The summed E-state index contributed by atoms with van der Waals surface area (Å²) in [5, 5.41) is 0. The van der Waals surface area contributed by atoms with Crippen molar-refractivity contribution in [3.05, 3.63) is 12.2 Å². The lowest BCUT2D eigenvalue weighted by molar-refractivity contribution is -0.137. The number of hydroxylamine groups is 1. The summed E-state index contributed by atoms with van der Waals surface area (Å²) < 4.78 is 64.4. The predicted molar refractivity (Wildman–Crippen MR) is 59.1 cm³/mol. The van der Waals surface area contributed by atoms with Crippen molar-refractivity contribution in [1.29, 1.82) is 0 Å². The van der Waals surface area contributed by atoms with Gasteiger partial charge in [0.1, 0.15) is 0 Å². The molecule has 6 nitrogen and oxygen atoms in total. The fourth-order valence-electron chi connectivity index (χ4n) is 0.727.